The van der Waals surface area contributed by atoms with Crippen LogP contribution in [0.1, 0.15) is 71.8 Å². The maximum absolute atomic E-state index is 13.5. The second-order valence-electron chi connectivity index (χ2n) is 11.7. The summed E-state index contributed by atoms with van der Waals surface area (Å²) >= 11 is 6.04. The van der Waals surface area contributed by atoms with E-state index >= 15 is 0 Å². The summed E-state index contributed by atoms with van der Waals surface area (Å²) in [6.07, 6.45) is 6.01. The van der Waals surface area contributed by atoms with Gasteiger partial charge in [0, 0.05) is 29.9 Å². The zero-order chi connectivity index (χ0) is 24.0. The van der Waals surface area contributed by atoms with Gasteiger partial charge in [0.05, 0.1) is 5.60 Å². The molecule has 2 saturated carbocycles. The number of carbonyl (C=O) groups is 2. The fourth-order valence-corrected chi connectivity index (χ4v) is 6.70. The Balaban J connectivity index is 1.41. The fraction of sp³-hybridized carbons (Fsp3) is 0.704. The minimum Gasteiger partial charge on any atom is -0.384 e. The van der Waals surface area contributed by atoms with Crippen LogP contribution in [0.15, 0.2) is 24.3 Å². The topological polar surface area (TPSA) is 69.6 Å². The highest BCUT2D eigenvalue weighted by Crippen LogP contribution is 2.49. The first-order valence-corrected chi connectivity index (χ1v) is 12.9. The standard InChI is InChI=1S/C27H39ClN2O3/c1-17(2)24(29-23(31)15-20-14-18-5-6-19(20)13-18)25(32)30-12-11-27(33,26(3,4)16-30)21-7-9-22(28)10-8-21/h7-10,17-20,24,33H,5-6,11-16H2,1-4H3,(H,29,31)/t18-,19+,20?,24-,27+/m1/s1. The van der Waals surface area contributed by atoms with Crippen LogP contribution in [0.3, 0.4) is 0 Å². The molecular weight excluding hydrogens is 436 g/mol. The van der Waals surface area contributed by atoms with E-state index < -0.39 is 17.1 Å². The monoisotopic (exact) mass is 474 g/mol. The summed E-state index contributed by atoms with van der Waals surface area (Å²) in [5, 5.41) is 15.3. The third-order valence-corrected chi connectivity index (χ3v) is 8.92. The van der Waals surface area contributed by atoms with Crippen molar-refractivity contribution in [2.24, 2.45) is 29.1 Å². The van der Waals surface area contributed by atoms with E-state index in [1.54, 1.807) is 12.1 Å². The van der Waals surface area contributed by atoms with Gasteiger partial charge in [0.1, 0.15) is 6.04 Å². The minimum atomic E-state index is -1.05. The Kier molecular flexibility index (Phi) is 6.85. The molecule has 182 valence electrons. The SMILES string of the molecule is CC(C)[C@@H](NC(=O)CC1C[C@@H]2CC[C@H]1C2)C(=O)N1CC[C@](O)(c2ccc(Cl)cc2)C(C)(C)C1. The zero-order valence-electron chi connectivity index (χ0n) is 20.4. The second-order valence-corrected chi connectivity index (χ2v) is 12.1. The summed E-state index contributed by atoms with van der Waals surface area (Å²) in [7, 11) is 0. The molecule has 33 heavy (non-hydrogen) atoms. The average molecular weight is 475 g/mol. The lowest BCUT2D eigenvalue weighted by atomic mass is 9.66. The first-order chi connectivity index (χ1) is 15.5. The third kappa shape index (κ3) is 4.81. The second kappa shape index (κ2) is 9.22. The molecule has 3 fully saturated rings. The Bertz CT molecular complexity index is 884. The summed E-state index contributed by atoms with van der Waals surface area (Å²) in [5.74, 6) is 1.95. The van der Waals surface area contributed by atoms with E-state index in [-0.39, 0.29) is 17.7 Å². The first-order valence-electron chi connectivity index (χ1n) is 12.6. The van der Waals surface area contributed by atoms with Gasteiger partial charge in [-0.1, -0.05) is 57.8 Å². The van der Waals surface area contributed by atoms with E-state index in [2.05, 4.69) is 5.32 Å². The number of hydrogen-bond acceptors (Lipinski definition) is 3. The highest BCUT2D eigenvalue weighted by Gasteiger charge is 2.50. The molecular formula is C27H39ClN2O3. The minimum absolute atomic E-state index is 0.00154. The Hall–Kier alpha value is -1.59. The first kappa shape index (κ1) is 24.5. The molecule has 1 heterocycles. The number of hydrogen-bond donors (Lipinski definition) is 2. The predicted octanol–water partition coefficient (Wildman–Crippen LogP) is 4.75. The Morgan fingerprint density at radius 1 is 1.18 bits per heavy atom. The molecule has 0 spiro atoms. The molecule has 1 saturated heterocycles. The predicted molar refractivity (Wildman–Crippen MR) is 131 cm³/mol. The molecule has 2 N–H and O–H groups in total. The summed E-state index contributed by atoms with van der Waals surface area (Å²) in [6, 6.07) is 6.79. The van der Waals surface area contributed by atoms with Gasteiger partial charge in [-0.25, -0.2) is 0 Å². The zero-order valence-corrected chi connectivity index (χ0v) is 21.2. The summed E-state index contributed by atoms with van der Waals surface area (Å²) < 4.78 is 0. The molecule has 0 radical (unpaired) electrons. The van der Waals surface area contributed by atoms with Gasteiger partial charge in [0.25, 0.3) is 0 Å². The van der Waals surface area contributed by atoms with Crippen LogP contribution in [0, 0.1) is 29.1 Å². The van der Waals surface area contributed by atoms with Crippen molar-refractivity contribution < 1.29 is 14.7 Å². The van der Waals surface area contributed by atoms with E-state index in [1.165, 1.54) is 25.7 Å². The van der Waals surface area contributed by atoms with Crippen molar-refractivity contribution in [2.45, 2.75) is 77.9 Å². The number of likely N-dealkylation sites (tertiary alicyclic amines) is 1. The van der Waals surface area contributed by atoms with Gasteiger partial charge >= 0.3 is 0 Å². The molecule has 0 aromatic heterocycles. The number of fused-ring (bicyclic) bond motifs is 2. The van der Waals surface area contributed by atoms with E-state index in [0.29, 0.717) is 42.8 Å². The molecule has 5 nitrogen and oxygen atoms in total. The maximum Gasteiger partial charge on any atom is 0.245 e. The Labute approximate surface area is 203 Å². The van der Waals surface area contributed by atoms with Crippen molar-refractivity contribution in [3.8, 4) is 0 Å². The number of aliphatic hydroxyl groups is 1. The van der Waals surface area contributed by atoms with Gasteiger partial charge in [-0.2, -0.15) is 0 Å². The molecule has 1 aliphatic heterocycles. The van der Waals surface area contributed by atoms with E-state index in [4.69, 9.17) is 11.6 Å². The number of piperidine rings is 1. The lowest BCUT2D eigenvalue weighted by Gasteiger charge is -2.51. The molecule has 1 unspecified atom stereocenters. The van der Waals surface area contributed by atoms with Gasteiger partial charge in [-0.15, -0.1) is 0 Å². The largest absolute Gasteiger partial charge is 0.384 e. The molecule has 2 bridgehead atoms. The molecule has 1 aromatic rings. The number of benzene rings is 1. The van der Waals surface area contributed by atoms with Crippen LogP contribution in [0.25, 0.3) is 0 Å². The van der Waals surface area contributed by atoms with Gasteiger partial charge in [-0.05, 0) is 67.1 Å². The molecule has 2 amide bonds. The highest BCUT2D eigenvalue weighted by atomic mass is 35.5. The average Bonchev–Trinajstić information content (AvgIpc) is 3.37. The van der Waals surface area contributed by atoms with Crippen LogP contribution < -0.4 is 5.32 Å². The number of nitrogens with zero attached hydrogens (tertiary/aromatic N) is 1. The lowest BCUT2D eigenvalue weighted by Crippen LogP contribution is -2.60. The quantitative estimate of drug-likeness (QED) is 0.624. The van der Waals surface area contributed by atoms with Crippen molar-refractivity contribution in [3.63, 3.8) is 0 Å². The van der Waals surface area contributed by atoms with Crippen LogP contribution in [-0.2, 0) is 15.2 Å². The van der Waals surface area contributed by atoms with Crippen molar-refractivity contribution in [2.75, 3.05) is 13.1 Å². The summed E-state index contributed by atoms with van der Waals surface area (Å²) in [4.78, 5) is 28.2. The molecule has 5 atom stereocenters. The fourth-order valence-electron chi connectivity index (χ4n) is 6.58. The molecule has 6 heteroatoms. The maximum atomic E-state index is 13.5. The summed E-state index contributed by atoms with van der Waals surface area (Å²) in [5.41, 5.74) is -0.778. The van der Waals surface area contributed by atoms with E-state index in [9.17, 15) is 14.7 Å². The molecule has 4 rings (SSSR count). The van der Waals surface area contributed by atoms with Gasteiger partial charge < -0.3 is 15.3 Å². The summed E-state index contributed by atoms with van der Waals surface area (Å²) in [6.45, 7) is 8.85. The molecule has 3 aliphatic rings. The van der Waals surface area contributed by atoms with E-state index in [1.807, 2.05) is 44.7 Å². The van der Waals surface area contributed by atoms with Crippen LogP contribution in [0.5, 0.6) is 0 Å². The van der Waals surface area contributed by atoms with Crippen LogP contribution >= 0.6 is 11.6 Å². The lowest BCUT2D eigenvalue weighted by molar-refractivity contribution is -0.156. The van der Waals surface area contributed by atoms with Crippen LogP contribution in [0.4, 0.5) is 0 Å². The Morgan fingerprint density at radius 3 is 2.42 bits per heavy atom. The van der Waals surface area contributed by atoms with Crippen molar-refractivity contribution in [3.05, 3.63) is 34.9 Å². The third-order valence-electron chi connectivity index (χ3n) is 8.66. The normalized spacial score (nSPS) is 31.6. The number of amides is 2. The van der Waals surface area contributed by atoms with Crippen LogP contribution in [0.2, 0.25) is 5.02 Å². The van der Waals surface area contributed by atoms with Gasteiger partial charge in [0.15, 0.2) is 0 Å². The number of rotatable bonds is 6. The van der Waals surface area contributed by atoms with Crippen molar-refractivity contribution in [1.29, 1.82) is 0 Å². The van der Waals surface area contributed by atoms with Crippen molar-refractivity contribution in [1.82, 2.24) is 10.2 Å². The van der Waals surface area contributed by atoms with Gasteiger partial charge in [0.2, 0.25) is 11.8 Å². The highest BCUT2D eigenvalue weighted by molar-refractivity contribution is 6.30. The number of carbonyl (C=O) groups excluding carboxylic acids is 2. The van der Waals surface area contributed by atoms with Crippen LogP contribution in [-0.4, -0.2) is 41.0 Å². The van der Waals surface area contributed by atoms with E-state index in [0.717, 1.165) is 11.5 Å². The number of nitrogens with one attached hydrogen (secondary N) is 1. The van der Waals surface area contributed by atoms with Crippen molar-refractivity contribution >= 4 is 23.4 Å². The Morgan fingerprint density at radius 2 is 1.88 bits per heavy atom. The smallest absolute Gasteiger partial charge is 0.245 e. The molecule has 1 aromatic carbocycles. The number of halogens is 1. The van der Waals surface area contributed by atoms with Gasteiger partial charge in [-0.3, -0.25) is 9.59 Å². The molecule has 2 aliphatic carbocycles.